The predicted molar refractivity (Wildman–Crippen MR) is 84.5 cm³/mol. The van der Waals surface area contributed by atoms with Crippen molar-refractivity contribution >= 4 is 15.9 Å². The average molecular weight is 322 g/mol. The quantitative estimate of drug-likeness (QED) is 0.827. The summed E-state index contributed by atoms with van der Waals surface area (Å²) in [5, 5.41) is 0. The molecule has 3 rings (SSSR count). The summed E-state index contributed by atoms with van der Waals surface area (Å²) in [5.41, 5.74) is 1.06. The van der Waals surface area contributed by atoms with E-state index in [1.165, 1.54) is 0 Å². The number of carbonyl (C=O) groups is 1. The molecule has 0 bridgehead atoms. The summed E-state index contributed by atoms with van der Waals surface area (Å²) >= 11 is 0. The van der Waals surface area contributed by atoms with Crippen molar-refractivity contribution in [2.75, 3.05) is 12.3 Å². The second kappa shape index (κ2) is 6.38. The first-order chi connectivity index (χ1) is 10.5. The number of hydrogen-bond acceptors (Lipinski definition) is 3. The Morgan fingerprint density at radius 2 is 1.86 bits per heavy atom. The second-order valence-corrected chi connectivity index (χ2v) is 8.13. The Hall–Kier alpha value is -1.40. The molecule has 1 aliphatic carbocycles. The van der Waals surface area contributed by atoms with E-state index < -0.39 is 16.1 Å². The van der Waals surface area contributed by atoms with Gasteiger partial charge in [0.25, 0.3) is 0 Å². The largest absolute Gasteiger partial charge is 0.337 e. The summed E-state index contributed by atoms with van der Waals surface area (Å²) in [6.45, 7) is 1.14. The maximum atomic E-state index is 12.3. The van der Waals surface area contributed by atoms with Crippen LogP contribution in [0.15, 0.2) is 30.3 Å². The van der Waals surface area contributed by atoms with Crippen molar-refractivity contribution in [1.82, 2.24) is 9.62 Å². The highest BCUT2D eigenvalue weighted by Gasteiger charge is 2.34. The monoisotopic (exact) mass is 322 g/mol. The Kier molecular flexibility index (Phi) is 4.49. The first kappa shape index (κ1) is 15.5. The Morgan fingerprint density at radius 1 is 1.14 bits per heavy atom. The van der Waals surface area contributed by atoms with E-state index in [1.807, 2.05) is 30.3 Å². The van der Waals surface area contributed by atoms with Crippen molar-refractivity contribution in [2.45, 2.75) is 38.3 Å². The van der Waals surface area contributed by atoms with E-state index >= 15 is 0 Å². The summed E-state index contributed by atoms with van der Waals surface area (Å²) < 4.78 is 26.7. The smallest absolute Gasteiger partial charge is 0.241 e. The highest BCUT2D eigenvalue weighted by atomic mass is 32.2. The summed E-state index contributed by atoms with van der Waals surface area (Å²) in [6.07, 6.45) is 3.55. The molecular weight excluding hydrogens is 300 g/mol. The Labute approximate surface area is 131 Å². The fourth-order valence-electron chi connectivity index (χ4n) is 2.81. The first-order valence-electron chi connectivity index (χ1n) is 7.86. The van der Waals surface area contributed by atoms with Crippen LogP contribution in [0.2, 0.25) is 0 Å². The van der Waals surface area contributed by atoms with E-state index in [1.54, 1.807) is 4.90 Å². The molecule has 1 amide bonds. The first-order valence-corrected chi connectivity index (χ1v) is 9.51. The molecule has 120 valence electrons. The van der Waals surface area contributed by atoms with Gasteiger partial charge in [-0.3, -0.25) is 4.79 Å². The summed E-state index contributed by atoms with van der Waals surface area (Å²) in [7, 11) is -3.35. The van der Waals surface area contributed by atoms with Crippen LogP contribution in [0.4, 0.5) is 0 Å². The predicted octanol–water partition coefficient (Wildman–Crippen LogP) is 1.51. The van der Waals surface area contributed by atoms with Crippen LogP contribution in [-0.4, -0.2) is 37.6 Å². The van der Waals surface area contributed by atoms with E-state index in [-0.39, 0.29) is 11.7 Å². The van der Waals surface area contributed by atoms with Crippen LogP contribution in [-0.2, 0) is 21.4 Å². The lowest BCUT2D eigenvalue weighted by Crippen LogP contribution is -2.42. The van der Waals surface area contributed by atoms with E-state index in [2.05, 4.69) is 4.72 Å². The molecule has 5 nitrogen and oxygen atoms in total. The molecular formula is C16H22N2O3S. The van der Waals surface area contributed by atoms with Gasteiger partial charge in [0, 0.05) is 13.1 Å². The van der Waals surface area contributed by atoms with Crippen molar-refractivity contribution in [3.05, 3.63) is 35.9 Å². The number of benzene rings is 1. The zero-order valence-corrected chi connectivity index (χ0v) is 13.4. The van der Waals surface area contributed by atoms with Gasteiger partial charge in [-0.1, -0.05) is 43.2 Å². The molecule has 0 spiro atoms. The molecule has 1 aromatic carbocycles. The van der Waals surface area contributed by atoms with Crippen molar-refractivity contribution < 1.29 is 13.2 Å². The van der Waals surface area contributed by atoms with Gasteiger partial charge < -0.3 is 4.90 Å². The SMILES string of the molecule is O=C1C(NS(=O)(=O)CCC2CC2)CCN1Cc1ccccc1. The number of carbonyl (C=O) groups excluding carboxylic acids is 1. The Bertz CT molecular complexity index is 626. The fraction of sp³-hybridized carbons (Fsp3) is 0.562. The lowest BCUT2D eigenvalue weighted by molar-refractivity contribution is -0.129. The third-order valence-corrected chi connectivity index (χ3v) is 5.74. The molecule has 22 heavy (non-hydrogen) atoms. The van der Waals surface area contributed by atoms with Gasteiger partial charge in [-0.05, 0) is 24.3 Å². The molecule has 1 saturated carbocycles. The Morgan fingerprint density at radius 3 is 2.55 bits per heavy atom. The third-order valence-electron chi connectivity index (χ3n) is 4.33. The van der Waals surface area contributed by atoms with Gasteiger partial charge in [-0.2, -0.15) is 0 Å². The molecule has 2 fully saturated rings. The summed E-state index contributed by atoms with van der Waals surface area (Å²) in [5.74, 6) is 0.601. The van der Waals surface area contributed by atoms with Crippen LogP contribution < -0.4 is 4.72 Å². The normalized spacial score (nSPS) is 22.3. The maximum absolute atomic E-state index is 12.3. The zero-order valence-electron chi connectivity index (χ0n) is 12.6. The van der Waals surface area contributed by atoms with E-state index in [0.29, 0.717) is 31.8 Å². The van der Waals surface area contributed by atoms with Gasteiger partial charge >= 0.3 is 0 Å². The van der Waals surface area contributed by atoms with E-state index in [4.69, 9.17) is 0 Å². The summed E-state index contributed by atoms with van der Waals surface area (Å²) in [6, 6.07) is 9.17. The van der Waals surface area contributed by atoms with Gasteiger partial charge in [-0.15, -0.1) is 0 Å². The minimum absolute atomic E-state index is 0.112. The number of nitrogens with one attached hydrogen (secondary N) is 1. The average Bonchev–Trinajstić information content (AvgIpc) is 3.27. The topological polar surface area (TPSA) is 66.5 Å². The summed E-state index contributed by atoms with van der Waals surface area (Å²) in [4.78, 5) is 14.1. The lowest BCUT2D eigenvalue weighted by atomic mass is 10.2. The van der Waals surface area contributed by atoms with Crippen LogP contribution >= 0.6 is 0 Å². The minimum atomic E-state index is -3.35. The number of nitrogens with zero attached hydrogens (tertiary/aromatic N) is 1. The van der Waals surface area contributed by atoms with Crippen LogP contribution in [0.1, 0.15) is 31.2 Å². The van der Waals surface area contributed by atoms with Gasteiger partial charge in [0.1, 0.15) is 6.04 Å². The van der Waals surface area contributed by atoms with E-state index in [9.17, 15) is 13.2 Å². The van der Waals surface area contributed by atoms with Crippen molar-refractivity contribution in [3.63, 3.8) is 0 Å². The molecule has 1 heterocycles. The van der Waals surface area contributed by atoms with E-state index in [0.717, 1.165) is 18.4 Å². The van der Waals surface area contributed by atoms with Crippen LogP contribution in [0.3, 0.4) is 0 Å². The number of sulfonamides is 1. The van der Waals surface area contributed by atoms with Gasteiger partial charge in [0.05, 0.1) is 5.75 Å². The number of hydrogen-bond donors (Lipinski definition) is 1. The van der Waals surface area contributed by atoms with Crippen molar-refractivity contribution in [2.24, 2.45) is 5.92 Å². The van der Waals surface area contributed by atoms with Crippen LogP contribution in [0, 0.1) is 5.92 Å². The molecule has 1 unspecified atom stereocenters. The number of likely N-dealkylation sites (tertiary alicyclic amines) is 1. The zero-order chi connectivity index (χ0) is 15.6. The van der Waals surface area contributed by atoms with Crippen LogP contribution in [0.25, 0.3) is 0 Å². The molecule has 1 atom stereocenters. The molecule has 6 heteroatoms. The van der Waals surface area contributed by atoms with Crippen molar-refractivity contribution in [3.8, 4) is 0 Å². The van der Waals surface area contributed by atoms with Gasteiger partial charge in [0.15, 0.2) is 0 Å². The molecule has 1 N–H and O–H groups in total. The highest BCUT2D eigenvalue weighted by molar-refractivity contribution is 7.89. The molecule has 1 saturated heterocycles. The third kappa shape index (κ3) is 4.08. The molecule has 0 aromatic heterocycles. The lowest BCUT2D eigenvalue weighted by Gasteiger charge is -2.17. The molecule has 2 aliphatic rings. The molecule has 1 aliphatic heterocycles. The fourth-order valence-corrected chi connectivity index (χ4v) is 4.23. The molecule has 1 aromatic rings. The molecule has 0 radical (unpaired) electrons. The second-order valence-electron chi connectivity index (χ2n) is 6.26. The maximum Gasteiger partial charge on any atom is 0.241 e. The van der Waals surface area contributed by atoms with Gasteiger partial charge in [-0.25, -0.2) is 13.1 Å². The minimum Gasteiger partial charge on any atom is -0.337 e. The highest BCUT2D eigenvalue weighted by Crippen LogP contribution is 2.32. The van der Waals surface area contributed by atoms with Crippen LogP contribution in [0.5, 0.6) is 0 Å². The van der Waals surface area contributed by atoms with Crippen molar-refractivity contribution in [1.29, 1.82) is 0 Å². The van der Waals surface area contributed by atoms with Gasteiger partial charge in [0.2, 0.25) is 15.9 Å². The standard InChI is InChI=1S/C16H22N2O3S/c19-16-15(17-22(20,21)11-9-13-6-7-13)8-10-18(16)12-14-4-2-1-3-5-14/h1-5,13,15,17H,6-12H2. The number of amides is 1. The number of rotatable bonds is 7. The Balaban J connectivity index is 1.54.